The fourth-order valence-electron chi connectivity index (χ4n) is 0.877. The van der Waals surface area contributed by atoms with Crippen molar-refractivity contribution in [3.63, 3.8) is 0 Å². The van der Waals surface area contributed by atoms with Gasteiger partial charge in [0.2, 0.25) is 0 Å². The smallest absolute Gasteiger partial charge is 0.205 e. The Morgan fingerprint density at radius 1 is 1.38 bits per heavy atom. The molecular formula is C8H3BrF3N. The van der Waals surface area contributed by atoms with Crippen LogP contribution in [0.25, 0.3) is 0 Å². The normalized spacial score (nSPS) is 10.2. The molecule has 0 radical (unpaired) electrons. The summed E-state index contributed by atoms with van der Waals surface area (Å²) in [5, 5.41) is 8.42. The molecule has 0 bridgehead atoms. The summed E-state index contributed by atoms with van der Waals surface area (Å²) in [6.45, 7) is 0. The molecule has 0 saturated carbocycles. The van der Waals surface area contributed by atoms with E-state index in [-0.39, 0.29) is 10.0 Å². The van der Waals surface area contributed by atoms with Crippen molar-refractivity contribution in [1.82, 2.24) is 0 Å². The predicted octanol–water partition coefficient (Wildman–Crippen LogP) is 3.40. The Morgan fingerprint density at radius 2 is 2.00 bits per heavy atom. The van der Waals surface area contributed by atoms with Crippen molar-refractivity contribution in [2.45, 2.75) is 6.43 Å². The maximum atomic E-state index is 13.0. The third kappa shape index (κ3) is 1.83. The van der Waals surface area contributed by atoms with Gasteiger partial charge < -0.3 is 0 Å². The van der Waals surface area contributed by atoms with Gasteiger partial charge in [0.15, 0.2) is 0 Å². The van der Waals surface area contributed by atoms with E-state index in [1.807, 2.05) is 0 Å². The van der Waals surface area contributed by atoms with Crippen LogP contribution in [-0.4, -0.2) is 0 Å². The molecule has 0 unspecified atom stereocenters. The van der Waals surface area contributed by atoms with Crippen molar-refractivity contribution in [3.05, 3.63) is 33.5 Å². The second kappa shape index (κ2) is 3.79. The Hall–Kier alpha value is -1.02. The number of nitrogens with zero attached hydrogens (tertiary/aromatic N) is 1. The summed E-state index contributed by atoms with van der Waals surface area (Å²) < 4.78 is 37.4. The van der Waals surface area contributed by atoms with Crippen LogP contribution >= 0.6 is 15.9 Å². The minimum atomic E-state index is -2.98. The summed E-state index contributed by atoms with van der Waals surface area (Å²) in [5.41, 5.74) is -1.19. The average molecular weight is 250 g/mol. The highest BCUT2D eigenvalue weighted by molar-refractivity contribution is 9.10. The van der Waals surface area contributed by atoms with E-state index in [9.17, 15) is 13.2 Å². The number of alkyl halides is 2. The summed E-state index contributed by atoms with van der Waals surface area (Å²) in [6, 6.07) is 3.87. The van der Waals surface area contributed by atoms with Gasteiger partial charge >= 0.3 is 0 Å². The lowest BCUT2D eigenvalue weighted by atomic mass is 10.1. The van der Waals surface area contributed by atoms with Gasteiger partial charge in [-0.2, -0.15) is 5.26 Å². The average Bonchev–Trinajstić information content (AvgIpc) is 2.08. The molecule has 0 spiro atoms. The van der Waals surface area contributed by atoms with Crippen LogP contribution in [0.15, 0.2) is 16.6 Å². The topological polar surface area (TPSA) is 23.8 Å². The van der Waals surface area contributed by atoms with E-state index in [1.54, 1.807) is 0 Å². The molecule has 1 rings (SSSR count). The molecule has 13 heavy (non-hydrogen) atoms. The second-order valence-electron chi connectivity index (χ2n) is 2.24. The van der Waals surface area contributed by atoms with Gasteiger partial charge in [0.1, 0.15) is 5.82 Å². The molecule has 68 valence electrons. The van der Waals surface area contributed by atoms with Gasteiger partial charge in [-0.05, 0) is 28.1 Å². The third-order valence-corrected chi connectivity index (χ3v) is 2.08. The molecule has 0 saturated heterocycles. The molecule has 0 aliphatic carbocycles. The van der Waals surface area contributed by atoms with Crippen LogP contribution in [-0.2, 0) is 0 Å². The predicted molar refractivity (Wildman–Crippen MR) is 43.8 cm³/mol. The number of benzene rings is 1. The third-order valence-electron chi connectivity index (χ3n) is 1.47. The highest BCUT2D eigenvalue weighted by Crippen LogP contribution is 2.29. The standard InChI is InChI=1S/C8H3BrF3N/c9-5-2-1-4(3-13)6(7(5)10)8(11)12/h1-2,8H. The lowest BCUT2D eigenvalue weighted by molar-refractivity contribution is 0.146. The van der Waals surface area contributed by atoms with Crippen LogP contribution in [0, 0.1) is 17.1 Å². The molecule has 5 heteroatoms. The fraction of sp³-hybridized carbons (Fsp3) is 0.125. The van der Waals surface area contributed by atoms with Gasteiger partial charge in [-0.3, -0.25) is 0 Å². The lowest BCUT2D eigenvalue weighted by Gasteiger charge is -2.04. The van der Waals surface area contributed by atoms with E-state index < -0.39 is 17.8 Å². The zero-order valence-electron chi connectivity index (χ0n) is 6.19. The number of hydrogen-bond acceptors (Lipinski definition) is 1. The summed E-state index contributed by atoms with van der Waals surface area (Å²) in [7, 11) is 0. The fourth-order valence-corrected chi connectivity index (χ4v) is 1.22. The molecule has 0 aliphatic rings. The minimum Gasteiger partial charge on any atom is -0.205 e. The van der Waals surface area contributed by atoms with E-state index >= 15 is 0 Å². The van der Waals surface area contributed by atoms with E-state index in [4.69, 9.17) is 5.26 Å². The van der Waals surface area contributed by atoms with Gasteiger partial charge in [0.25, 0.3) is 6.43 Å². The van der Waals surface area contributed by atoms with Crippen LogP contribution in [0.3, 0.4) is 0 Å². The van der Waals surface area contributed by atoms with Crippen LogP contribution in [0.2, 0.25) is 0 Å². The zero-order valence-corrected chi connectivity index (χ0v) is 7.78. The van der Waals surface area contributed by atoms with Gasteiger partial charge in [-0.25, -0.2) is 13.2 Å². The van der Waals surface area contributed by atoms with Gasteiger partial charge in [-0.15, -0.1) is 0 Å². The molecular weight excluding hydrogens is 247 g/mol. The van der Waals surface area contributed by atoms with Crippen molar-refractivity contribution < 1.29 is 13.2 Å². The maximum absolute atomic E-state index is 13.0. The van der Waals surface area contributed by atoms with Gasteiger partial charge in [0.05, 0.1) is 21.7 Å². The molecule has 0 aromatic heterocycles. The Bertz CT molecular complexity index is 370. The van der Waals surface area contributed by atoms with E-state index in [2.05, 4.69) is 15.9 Å². The number of halogens is 4. The lowest BCUT2D eigenvalue weighted by Crippen LogP contribution is -1.96. The summed E-state index contributed by atoms with van der Waals surface area (Å²) >= 11 is 2.76. The zero-order chi connectivity index (χ0) is 10.0. The Balaban J connectivity index is 3.43. The number of nitriles is 1. The second-order valence-corrected chi connectivity index (χ2v) is 3.09. The SMILES string of the molecule is N#Cc1ccc(Br)c(F)c1C(F)F. The Labute approximate surface area is 80.9 Å². The van der Waals surface area contributed by atoms with Crippen LogP contribution in [0.1, 0.15) is 17.6 Å². The van der Waals surface area contributed by atoms with Crippen LogP contribution < -0.4 is 0 Å². The molecule has 0 N–H and O–H groups in total. The highest BCUT2D eigenvalue weighted by atomic mass is 79.9. The molecule has 0 fully saturated rings. The summed E-state index contributed by atoms with van der Waals surface area (Å²) in [5.74, 6) is -1.07. The van der Waals surface area contributed by atoms with Crippen molar-refractivity contribution in [3.8, 4) is 6.07 Å². The number of hydrogen-bond donors (Lipinski definition) is 0. The highest BCUT2D eigenvalue weighted by Gasteiger charge is 2.20. The van der Waals surface area contributed by atoms with Crippen LogP contribution in [0.4, 0.5) is 13.2 Å². The molecule has 0 heterocycles. The molecule has 0 atom stereocenters. The quantitative estimate of drug-likeness (QED) is 0.749. The minimum absolute atomic E-state index is 0.0678. The van der Waals surface area contributed by atoms with E-state index in [0.29, 0.717) is 0 Å². The number of rotatable bonds is 1. The monoisotopic (exact) mass is 249 g/mol. The van der Waals surface area contributed by atoms with Crippen LogP contribution in [0.5, 0.6) is 0 Å². The maximum Gasteiger partial charge on any atom is 0.267 e. The first kappa shape index (κ1) is 10.1. The molecule has 0 aliphatic heterocycles. The summed E-state index contributed by atoms with van der Waals surface area (Å²) in [6.07, 6.45) is -2.98. The first-order valence-electron chi connectivity index (χ1n) is 3.24. The molecule has 1 aromatic rings. The largest absolute Gasteiger partial charge is 0.267 e. The van der Waals surface area contributed by atoms with Crippen molar-refractivity contribution in [1.29, 1.82) is 5.26 Å². The van der Waals surface area contributed by atoms with Crippen molar-refractivity contribution in [2.24, 2.45) is 0 Å². The summed E-state index contributed by atoms with van der Waals surface area (Å²) in [4.78, 5) is 0. The van der Waals surface area contributed by atoms with E-state index in [1.165, 1.54) is 12.1 Å². The van der Waals surface area contributed by atoms with Crippen molar-refractivity contribution >= 4 is 15.9 Å². The van der Waals surface area contributed by atoms with Gasteiger partial charge in [0, 0.05) is 0 Å². The first-order valence-corrected chi connectivity index (χ1v) is 4.03. The Morgan fingerprint density at radius 3 is 2.46 bits per heavy atom. The van der Waals surface area contributed by atoms with E-state index in [0.717, 1.165) is 6.07 Å². The molecule has 1 aromatic carbocycles. The van der Waals surface area contributed by atoms with Crippen molar-refractivity contribution in [2.75, 3.05) is 0 Å². The molecule has 0 amide bonds. The Kier molecular flexibility index (Phi) is 2.94. The molecule has 1 nitrogen and oxygen atoms in total. The first-order chi connectivity index (χ1) is 6.07. The van der Waals surface area contributed by atoms with Gasteiger partial charge in [-0.1, -0.05) is 0 Å².